The lowest BCUT2D eigenvalue weighted by Gasteiger charge is -2.17. The van der Waals surface area contributed by atoms with Crippen molar-refractivity contribution in [1.29, 1.82) is 0 Å². The lowest BCUT2D eigenvalue weighted by atomic mass is 10.2. The van der Waals surface area contributed by atoms with Crippen LogP contribution in [0.15, 0.2) is 30.7 Å². The first-order valence-electron chi connectivity index (χ1n) is 6.77. The zero-order valence-corrected chi connectivity index (χ0v) is 12.1. The zero-order valence-electron chi connectivity index (χ0n) is 12.1. The summed E-state index contributed by atoms with van der Waals surface area (Å²) >= 11 is 0. The summed E-state index contributed by atoms with van der Waals surface area (Å²) in [6.07, 6.45) is 5.14. The lowest BCUT2D eigenvalue weighted by molar-refractivity contribution is 0.0527. The van der Waals surface area contributed by atoms with Gasteiger partial charge < -0.3 is 15.8 Å². The van der Waals surface area contributed by atoms with Gasteiger partial charge in [0.05, 0.1) is 24.4 Å². The molecule has 0 bridgehead atoms. The number of rotatable bonds is 6. The Kier molecular flexibility index (Phi) is 4.76. The maximum absolute atomic E-state index is 11.8. The van der Waals surface area contributed by atoms with E-state index in [9.17, 15) is 4.79 Å². The van der Waals surface area contributed by atoms with Gasteiger partial charge in [0.15, 0.2) is 0 Å². The molecule has 2 heterocycles. The Bertz CT molecular complexity index is 597. The number of nitrogens with two attached hydrogens (primary N) is 1. The highest BCUT2D eigenvalue weighted by molar-refractivity contribution is 5.97. The summed E-state index contributed by atoms with van der Waals surface area (Å²) in [5.41, 5.74) is 6.60. The van der Waals surface area contributed by atoms with E-state index in [0.717, 1.165) is 0 Å². The molecule has 0 radical (unpaired) electrons. The van der Waals surface area contributed by atoms with Crippen LogP contribution in [0.1, 0.15) is 24.2 Å². The molecule has 0 aliphatic heterocycles. The quantitative estimate of drug-likeness (QED) is 0.783. The average molecular weight is 289 g/mol. The topological polar surface area (TPSA) is 95.1 Å². The summed E-state index contributed by atoms with van der Waals surface area (Å²) in [5.74, 6) is 0.0281. The number of pyridine rings is 1. The highest BCUT2D eigenvalue weighted by atomic mass is 16.5. The largest absolute Gasteiger partial charge is 0.462 e. The van der Waals surface area contributed by atoms with E-state index in [4.69, 9.17) is 10.5 Å². The van der Waals surface area contributed by atoms with Crippen LogP contribution in [0.3, 0.4) is 0 Å². The molecular weight excluding hydrogens is 270 g/mol. The summed E-state index contributed by atoms with van der Waals surface area (Å²) < 4.78 is 6.77. The number of aromatic nitrogens is 3. The molecule has 1 atom stereocenters. The number of nitrogen functional groups attached to an aromatic ring is 1. The van der Waals surface area contributed by atoms with Gasteiger partial charge in [-0.2, -0.15) is 5.10 Å². The maximum Gasteiger partial charge on any atom is 0.340 e. The molecule has 0 saturated carbocycles. The van der Waals surface area contributed by atoms with Crippen LogP contribution in [0.25, 0.3) is 0 Å². The third-order valence-electron chi connectivity index (χ3n) is 2.89. The molecule has 112 valence electrons. The normalized spacial score (nSPS) is 11.9. The molecule has 7 nitrogen and oxygen atoms in total. The SMILES string of the molecule is CCOC(=O)c1ccnc(NC(C)Cn2cccn2)c1N. The van der Waals surface area contributed by atoms with Crippen LogP contribution in [0.5, 0.6) is 0 Å². The van der Waals surface area contributed by atoms with E-state index in [2.05, 4.69) is 15.4 Å². The number of hydrogen-bond donors (Lipinski definition) is 2. The van der Waals surface area contributed by atoms with Crippen molar-refractivity contribution in [3.8, 4) is 0 Å². The van der Waals surface area contributed by atoms with Crippen molar-refractivity contribution in [2.75, 3.05) is 17.7 Å². The van der Waals surface area contributed by atoms with Gasteiger partial charge >= 0.3 is 5.97 Å². The molecule has 0 amide bonds. The van der Waals surface area contributed by atoms with Crippen molar-refractivity contribution < 1.29 is 9.53 Å². The molecule has 0 spiro atoms. The van der Waals surface area contributed by atoms with Gasteiger partial charge in [-0.3, -0.25) is 4.68 Å². The Labute approximate surface area is 123 Å². The molecule has 0 aromatic carbocycles. The standard InChI is InChI=1S/C14H19N5O2/c1-3-21-14(20)11-5-7-16-13(12(11)15)18-10(2)9-19-8-4-6-17-19/h4-8,10H,3,9,15H2,1-2H3,(H,16,18). The lowest BCUT2D eigenvalue weighted by Crippen LogP contribution is -2.24. The van der Waals surface area contributed by atoms with Crippen molar-refractivity contribution in [2.45, 2.75) is 26.4 Å². The molecule has 7 heteroatoms. The number of nitrogens with one attached hydrogen (secondary N) is 1. The number of anilines is 2. The van der Waals surface area contributed by atoms with Crippen molar-refractivity contribution in [3.63, 3.8) is 0 Å². The number of carbonyl (C=O) groups is 1. The number of hydrogen-bond acceptors (Lipinski definition) is 6. The third kappa shape index (κ3) is 3.71. The minimum Gasteiger partial charge on any atom is -0.462 e. The molecule has 0 fully saturated rings. The first-order valence-corrected chi connectivity index (χ1v) is 6.77. The van der Waals surface area contributed by atoms with Crippen LogP contribution < -0.4 is 11.1 Å². The van der Waals surface area contributed by atoms with Crippen LogP contribution in [-0.2, 0) is 11.3 Å². The van der Waals surface area contributed by atoms with E-state index >= 15 is 0 Å². The fourth-order valence-corrected chi connectivity index (χ4v) is 1.94. The molecule has 2 rings (SSSR count). The number of carbonyl (C=O) groups excluding carboxylic acids is 1. The van der Waals surface area contributed by atoms with E-state index in [1.807, 2.05) is 23.9 Å². The van der Waals surface area contributed by atoms with Crippen LogP contribution in [0.2, 0.25) is 0 Å². The summed E-state index contributed by atoms with van der Waals surface area (Å²) in [6, 6.07) is 3.47. The predicted molar refractivity (Wildman–Crippen MR) is 79.9 cm³/mol. The summed E-state index contributed by atoms with van der Waals surface area (Å²) in [4.78, 5) is 16.0. The molecule has 1 unspecified atom stereocenters. The number of ether oxygens (including phenoxy) is 1. The Morgan fingerprint density at radius 2 is 2.33 bits per heavy atom. The summed E-state index contributed by atoms with van der Waals surface area (Å²) in [7, 11) is 0. The number of esters is 1. The van der Waals surface area contributed by atoms with E-state index in [0.29, 0.717) is 30.2 Å². The van der Waals surface area contributed by atoms with E-state index < -0.39 is 5.97 Å². The summed E-state index contributed by atoms with van der Waals surface area (Å²) in [5, 5.41) is 7.32. The van der Waals surface area contributed by atoms with E-state index in [-0.39, 0.29) is 6.04 Å². The molecule has 3 N–H and O–H groups in total. The van der Waals surface area contributed by atoms with E-state index in [1.54, 1.807) is 19.2 Å². The molecular formula is C14H19N5O2. The second kappa shape index (κ2) is 6.74. The van der Waals surface area contributed by atoms with Crippen molar-refractivity contribution >= 4 is 17.5 Å². The second-order valence-electron chi connectivity index (χ2n) is 4.61. The minimum atomic E-state index is -0.444. The van der Waals surface area contributed by atoms with Gasteiger partial charge in [-0.25, -0.2) is 9.78 Å². The van der Waals surface area contributed by atoms with Gasteiger partial charge in [0.1, 0.15) is 5.82 Å². The van der Waals surface area contributed by atoms with E-state index in [1.165, 1.54) is 6.20 Å². The second-order valence-corrected chi connectivity index (χ2v) is 4.61. The van der Waals surface area contributed by atoms with Gasteiger partial charge in [-0.05, 0) is 26.0 Å². The van der Waals surface area contributed by atoms with Gasteiger partial charge in [-0.1, -0.05) is 0 Å². The van der Waals surface area contributed by atoms with Crippen LogP contribution >= 0.6 is 0 Å². The van der Waals surface area contributed by atoms with Crippen molar-refractivity contribution in [1.82, 2.24) is 14.8 Å². The zero-order chi connectivity index (χ0) is 15.2. The third-order valence-corrected chi connectivity index (χ3v) is 2.89. The Morgan fingerprint density at radius 3 is 3.00 bits per heavy atom. The summed E-state index contributed by atoms with van der Waals surface area (Å²) in [6.45, 7) is 4.71. The molecule has 2 aromatic heterocycles. The maximum atomic E-state index is 11.8. The predicted octanol–water partition coefficient (Wildman–Crippen LogP) is 1.54. The molecule has 2 aromatic rings. The first kappa shape index (κ1) is 14.8. The Hall–Kier alpha value is -2.57. The molecule has 0 aliphatic carbocycles. The number of nitrogens with zero attached hydrogens (tertiary/aromatic N) is 3. The van der Waals surface area contributed by atoms with Crippen molar-refractivity contribution in [2.24, 2.45) is 0 Å². The molecule has 0 saturated heterocycles. The smallest absolute Gasteiger partial charge is 0.340 e. The minimum absolute atomic E-state index is 0.0529. The Balaban J connectivity index is 2.09. The fraction of sp³-hybridized carbons (Fsp3) is 0.357. The van der Waals surface area contributed by atoms with Crippen LogP contribution in [0.4, 0.5) is 11.5 Å². The monoisotopic (exact) mass is 289 g/mol. The van der Waals surface area contributed by atoms with Gasteiger partial charge in [0.25, 0.3) is 0 Å². The average Bonchev–Trinajstić information content (AvgIpc) is 2.94. The van der Waals surface area contributed by atoms with Crippen LogP contribution in [-0.4, -0.2) is 33.4 Å². The Morgan fingerprint density at radius 1 is 1.52 bits per heavy atom. The molecule has 21 heavy (non-hydrogen) atoms. The first-order chi connectivity index (χ1) is 10.1. The molecule has 0 aliphatic rings. The fourth-order valence-electron chi connectivity index (χ4n) is 1.94. The van der Waals surface area contributed by atoms with Crippen molar-refractivity contribution in [3.05, 3.63) is 36.3 Å². The highest BCUT2D eigenvalue weighted by Gasteiger charge is 2.15. The van der Waals surface area contributed by atoms with Gasteiger partial charge in [0.2, 0.25) is 0 Å². The van der Waals surface area contributed by atoms with Gasteiger partial charge in [0, 0.05) is 24.6 Å². The highest BCUT2D eigenvalue weighted by Crippen LogP contribution is 2.21. The van der Waals surface area contributed by atoms with Gasteiger partial charge in [-0.15, -0.1) is 0 Å². The van der Waals surface area contributed by atoms with Crippen LogP contribution in [0, 0.1) is 0 Å².